The summed E-state index contributed by atoms with van der Waals surface area (Å²) < 4.78 is 11.7. The quantitative estimate of drug-likeness (QED) is 0.523. The highest BCUT2D eigenvalue weighted by Gasteiger charge is 2.49. The SMILES string of the molecule is CC1=CC(=O)O[C@@H]2C[C@@H](CC[C@H](C)C=CCC1)O[C@](O)(C1CSC(=O)N1)C2. The molecule has 3 aliphatic heterocycles. The number of thioether (sulfide) groups is 1. The number of allylic oxidation sites excluding steroid dienone is 3. The van der Waals surface area contributed by atoms with Crippen molar-refractivity contribution in [3.05, 3.63) is 23.8 Å². The predicted molar refractivity (Wildman–Crippen MR) is 104 cm³/mol. The Morgan fingerprint density at radius 1 is 1.30 bits per heavy atom. The standard InChI is InChI=1S/C20H29NO5S/c1-13-5-3-4-6-14(2)9-18(22)25-16-10-15(8-7-13)26-20(24,11-16)17-12-27-19(23)21-17/h3,5,9,13,15-17,24H,4,6-8,10-12H2,1-2H3,(H,21,23)/t13-,15-,16-,17?,20+/m1/s1. The maximum atomic E-state index is 12.3. The fourth-order valence-electron chi connectivity index (χ4n) is 3.86. The van der Waals surface area contributed by atoms with Gasteiger partial charge >= 0.3 is 5.97 Å². The third kappa shape index (κ3) is 5.59. The van der Waals surface area contributed by atoms with E-state index in [2.05, 4.69) is 24.4 Å². The molecule has 2 saturated heterocycles. The topological polar surface area (TPSA) is 84.9 Å². The number of ether oxygens (including phenoxy) is 2. The van der Waals surface area contributed by atoms with E-state index in [-0.39, 0.29) is 23.7 Å². The maximum absolute atomic E-state index is 12.3. The lowest BCUT2D eigenvalue weighted by molar-refractivity contribution is -0.283. The van der Waals surface area contributed by atoms with E-state index in [1.807, 2.05) is 6.92 Å². The molecule has 2 N–H and O–H groups in total. The van der Waals surface area contributed by atoms with Gasteiger partial charge in [0.15, 0.2) is 5.79 Å². The van der Waals surface area contributed by atoms with E-state index >= 15 is 0 Å². The molecule has 1 amide bonds. The lowest BCUT2D eigenvalue weighted by Crippen LogP contribution is -2.58. The maximum Gasteiger partial charge on any atom is 0.330 e. The smallest absolute Gasteiger partial charge is 0.330 e. The molecule has 6 nitrogen and oxygen atoms in total. The van der Waals surface area contributed by atoms with Gasteiger partial charge < -0.3 is 19.9 Å². The molecule has 27 heavy (non-hydrogen) atoms. The summed E-state index contributed by atoms with van der Waals surface area (Å²) >= 11 is 1.14. The third-order valence-electron chi connectivity index (χ3n) is 5.40. The number of nitrogens with one attached hydrogen (secondary N) is 1. The van der Waals surface area contributed by atoms with Crippen LogP contribution in [0.4, 0.5) is 4.79 Å². The summed E-state index contributed by atoms with van der Waals surface area (Å²) in [5.41, 5.74) is 0.979. The first kappa shape index (κ1) is 20.4. The lowest BCUT2D eigenvalue weighted by Gasteiger charge is -2.43. The fraction of sp³-hybridized carbons (Fsp3) is 0.700. The van der Waals surface area contributed by atoms with Crippen LogP contribution in [0.3, 0.4) is 0 Å². The molecule has 0 aliphatic carbocycles. The number of hydrogen-bond acceptors (Lipinski definition) is 6. The van der Waals surface area contributed by atoms with Crippen molar-refractivity contribution in [2.75, 3.05) is 5.75 Å². The van der Waals surface area contributed by atoms with E-state index in [1.54, 1.807) is 6.08 Å². The molecule has 3 rings (SSSR count). The van der Waals surface area contributed by atoms with E-state index in [4.69, 9.17) is 9.47 Å². The summed E-state index contributed by atoms with van der Waals surface area (Å²) in [7, 11) is 0. The Hall–Kier alpha value is -1.31. The largest absolute Gasteiger partial charge is 0.459 e. The minimum atomic E-state index is -1.51. The average Bonchev–Trinajstić information content (AvgIpc) is 3.03. The Kier molecular flexibility index (Phi) is 6.65. The van der Waals surface area contributed by atoms with Crippen LogP contribution in [0.15, 0.2) is 23.8 Å². The van der Waals surface area contributed by atoms with E-state index in [1.165, 1.54) is 0 Å². The first-order valence-corrected chi connectivity index (χ1v) is 10.7. The Morgan fingerprint density at radius 2 is 2.11 bits per heavy atom. The van der Waals surface area contributed by atoms with Crippen molar-refractivity contribution in [3.8, 4) is 0 Å². The third-order valence-corrected chi connectivity index (χ3v) is 6.28. The van der Waals surface area contributed by atoms with Crippen LogP contribution in [-0.2, 0) is 14.3 Å². The molecule has 150 valence electrons. The number of amides is 1. The van der Waals surface area contributed by atoms with Crippen LogP contribution in [0.5, 0.6) is 0 Å². The molecule has 3 heterocycles. The normalized spacial score (nSPS) is 38.6. The van der Waals surface area contributed by atoms with Crippen molar-refractivity contribution < 1.29 is 24.2 Å². The van der Waals surface area contributed by atoms with Crippen LogP contribution >= 0.6 is 11.8 Å². The second-order valence-corrected chi connectivity index (χ2v) is 8.88. The Labute approximate surface area is 164 Å². The molecule has 0 aromatic carbocycles. The van der Waals surface area contributed by atoms with Gasteiger partial charge in [-0.05, 0) is 38.5 Å². The molecular weight excluding hydrogens is 366 g/mol. The second kappa shape index (κ2) is 8.80. The van der Waals surface area contributed by atoms with Crippen molar-refractivity contribution in [2.24, 2.45) is 5.92 Å². The Bertz CT molecular complexity index is 634. The van der Waals surface area contributed by atoms with Gasteiger partial charge in [0.1, 0.15) is 6.10 Å². The zero-order chi connectivity index (χ0) is 19.4. The van der Waals surface area contributed by atoms with Crippen molar-refractivity contribution in [1.82, 2.24) is 5.32 Å². The van der Waals surface area contributed by atoms with Crippen molar-refractivity contribution in [3.63, 3.8) is 0 Å². The first-order valence-electron chi connectivity index (χ1n) is 9.72. The molecule has 3 aliphatic rings. The molecule has 1 unspecified atom stereocenters. The fourth-order valence-corrected chi connectivity index (χ4v) is 4.75. The monoisotopic (exact) mass is 395 g/mol. The van der Waals surface area contributed by atoms with Gasteiger partial charge in [0.2, 0.25) is 0 Å². The van der Waals surface area contributed by atoms with E-state index in [0.717, 1.165) is 43.0 Å². The minimum Gasteiger partial charge on any atom is -0.459 e. The molecule has 2 fully saturated rings. The van der Waals surface area contributed by atoms with E-state index < -0.39 is 17.9 Å². The molecule has 0 saturated carbocycles. The van der Waals surface area contributed by atoms with Crippen LogP contribution < -0.4 is 5.32 Å². The summed E-state index contributed by atoms with van der Waals surface area (Å²) in [5.74, 6) is -1.03. The van der Waals surface area contributed by atoms with Gasteiger partial charge in [0.25, 0.3) is 5.24 Å². The summed E-state index contributed by atoms with van der Waals surface area (Å²) in [6.45, 7) is 4.10. The number of rotatable bonds is 1. The van der Waals surface area contributed by atoms with Gasteiger partial charge in [-0.1, -0.05) is 36.4 Å². The van der Waals surface area contributed by atoms with Crippen molar-refractivity contribution in [2.45, 2.75) is 76.4 Å². The Morgan fingerprint density at radius 3 is 2.85 bits per heavy atom. The summed E-state index contributed by atoms with van der Waals surface area (Å²) in [6, 6.07) is -0.493. The number of hydrogen-bond donors (Lipinski definition) is 2. The number of aliphatic hydroxyl groups is 1. The first-order chi connectivity index (χ1) is 12.8. The highest BCUT2D eigenvalue weighted by atomic mass is 32.2. The second-order valence-electron chi connectivity index (χ2n) is 7.89. The number of fused-ring (bicyclic) bond motifs is 2. The van der Waals surface area contributed by atoms with Crippen LogP contribution in [-0.4, -0.2) is 46.1 Å². The molecule has 0 aromatic rings. The van der Waals surface area contributed by atoms with Crippen LogP contribution in [0.2, 0.25) is 0 Å². The van der Waals surface area contributed by atoms with E-state index in [9.17, 15) is 14.7 Å². The number of esters is 1. The lowest BCUT2D eigenvalue weighted by atomic mass is 9.90. The van der Waals surface area contributed by atoms with Gasteiger partial charge in [0.05, 0.1) is 12.1 Å². The average molecular weight is 396 g/mol. The van der Waals surface area contributed by atoms with Gasteiger partial charge in [-0.15, -0.1) is 0 Å². The predicted octanol–water partition coefficient (Wildman–Crippen LogP) is 3.30. The van der Waals surface area contributed by atoms with Gasteiger partial charge in [-0.3, -0.25) is 4.79 Å². The zero-order valence-electron chi connectivity index (χ0n) is 16.0. The van der Waals surface area contributed by atoms with Crippen LogP contribution in [0.25, 0.3) is 0 Å². The van der Waals surface area contributed by atoms with Gasteiger partial charge in [-0.25, -0.2) is 4.79 Å². The summed E-state index contributed by atoms with van der Waals surface area (Å²) in [6.07, 6.45) is 9.42. The molecule has 7 heteroatoms. The highest BCUT2D eigenvalue weighted by Crippen LogP contribution is 2.37. The Balaban J connectivity index is 1.78. The van der Waals surface area contributed by atoms with Crippen LogP contribution in [0.1, 0.15) is 52.4 Å². The summed E-state index contributed by atoms with van der Waals surface area (Å²) in [5, 5.41) is 13.7. The van der Waals surface area contributed by atoms with Gasteiger partial charge in [-0.2, -0.15) is 0 Å². The molecule has 5 atom stereocenters. The zero-order valence-corrected chi connectivity index (χ0v) is 16.8. The van der Waals surface area contributed by atoms with Crippen molar-refractivity contribution in [1.29, 1.82) is 0 Å². The number of carbonyl (C=O) groups is 2. The van der Waals surface area contributed by atoms with Crippen LogP contribution in [0, 0.1) is 5.92 Å². The minimum absolute atomic E-state index is 0.160. The van der Waals surface area contributed by atoms with Crippen molar-refractivity contribution >= 4 is 23.0 Å². The van der Waals surface area contributed by atoms with Gasteiger partial charge in [0, 0.05) is 24.7 Å². The highest BCUT2D eigenvalue weighted by molar-refractivity contribution is 8.14. The molecule has 0 spiro atoms. The summed E-state index contributed by atoms with van der Waals surface area (Å²) in [4.78, 5) is 23.9. The van der Waals surface area contributed by atoms with E-state index in [0.29, 0.717) is 18.1 Å². The molecule has 0 radical (unpaired) electrons. The number of carbonyl (C=O) groups excluding carboxylic acids is 2. The molecule has 0 aromatic heterocycles. The molecule has 2 bridgehead atoms. The molecular formula is C20H29NO5S.